The van der Waals surface area contributed by atoms with Gasteiger partial charge in [0.1, 0.15) is 17.4 Å². The standard InChI is InChI=1S/C17H17F2NO2/c1-12(22-16-7-5-14(18)6-8-16)17(21)20-10-9-13-3-2-4-15(19)11-13/h2-8,11-12H,9-10H2,1H3,(H,20,21). The third kappa shape index (κ3) is 4.84. The van der Waals surface area contributed by atoms with Crippen LogP contribution in [0.15, 0.2) is 48.5 Å². The number of rotatable bonds is 6. The molecule has 2 aromatic rings. The van der Waals surface area contributed by atoms with Crippen LogP contribution in [0.3, 0.4) is 0 Å². The monoisotopic (exact) mass is 305 g/mol. The second-order valence-corrected chi connectivity index (χ2v) is 4.88. The third-order valence-corrected chi connectivity index (χ3v) is 3.10. The lowest BCUT2D eigenvalue weighted by molar-refractivity contribution is -0.127. The molecule has 0 bridgehead atoms. The third-order valence-electron chi connectivity index (χ3n) is 3.10. The highest BCUT2D eigenvalue weighted by molar-refractivity contribution is 5.80. The molecule has 5 heteroatoms. The normalized spacial score (nSPS) is 11.8. The Labute approximate surface area is 127 Å². The van der Waals surface area contributed by atoms with Gasteiger partial charge >= 0.3 is 0 Å². The van der Waals surface area contributed by atoms with E-state index < -0.39 is 6.10 Å². The molecule has 1 N–H and O–H groups in total. The summed E-state index contributed by atoms with van der Waals surface area (Å²) < 4.78 is 31.2. The van der Waals surface area contributed by atoms with Crippen LogP contribution in [0, 0.1) is 11.6 Å². The van der Waals surface area contributed by atoms with E-state index in [4.69, 9.17) is 4.74 Å². The van der Waals surface area contributed by atoms with Crippen LogP contribution in [0.1, 0.15) is 12.5 Å². The highest BCUT2D eigenvalue weighted by Gasteiger charge is 2.14. The number of carbonyl (C=O) groups is 1. The van der Waals surface area contributed by atoms with Crippen molar-refractivity contribution in [3.8, 4) is 5.75 Å². The molecule has 22 heavy (non-hydrogen) atoms. The summed E-state index contributed by atoms with van der Waals surface area (Å²) in [6.45, 7) is 2.00. The number of benzene rings is 2. The number of hydrogen-bond donors (Lipinski definition) is 1. The molecule has 0 aliphatic rings. The molecule has 116 valence electrons. The molecule has 1 amide bonds. The first kappa shape index (κ1) is 15.9. The molecule has 0 saturated carbocycles. The summed E-state index contributed by atoms with van der Waals surface area (Å²) in [5.74, 6) is -0.508. The van der Waals surface area contributed by atoms with Crippen molar-refractivity contribution in [2.24, 2.45) is 0 Å². The maximum absolute atomic E-state index is 13.0. The number of ether oxygens (including phenoxy) is 1. The van der Waals surface area contributed by atoms with E-state index in [0.29, 0.717) is 18.7 Å². The zero-order chi connectivity index (χ0) is 15.9. The summed E-state index contributed by atoms with van der Waals surface area (Å²) in [6.07, 6.45) is -0.162. The predicted molar refractivity (Wildman–Crippen MR) is 79.6 cm³/mol. The molecule has 1 atom stereocenters. The molecule has 2 aromatic carbocycles. The average Bonchev–Trinajstić information content (AvgIpc) is 2.49. The second-order valence-electron chi connectivity index (χ2n) is 4.88. The van der Waals surface area contributed by atoms with Crippen LogP contribution in [0.5, 0.6) is 5.75 Å². The van der Waals surface area contributed by atoms with Crippen molar-refractivity contribution in [2.45, 2.75) is 19.4 Å². The molecule has 0 fully saturated rings. The Morgan fingerprint density at radius 1 is 1.14 bits per heavy atom. The summed E-state index contributed by atoms with van der Waals surface area (Å²) in [7, 11) is 0. The van der Waals surface area contributed by atoms with Gasteiger partial charge in [0, 0.05) is 6.54 Å². The zero-order valence-corrected chi connectivity index (χ0v) is 12.2. The first-order valence-corrected chi connectivity index (χ1v) is 6.99. The van der Waals surface area contributed by atoms with Gasteiger partial charge in [0.15, 0.2) is 6.10 Å². The van der Waals surface area contributed by atoms with E-state index in [-0.39, 0.29) is 17.5 Å². The molecule has 0 heterocycles. The molecule has 1 unspecified atom stereocenters. The molecule has 0 aliphatic heterocycles. The predicted octanol–water partition coefficient (Wildman–Crippen LogP) is 3.09. The van der Waals surface area contributed by atoms with Gasteiger partial charge in [-0.2, -0.15) is 0 Å². The van der Waals surface area contributed by atoms with Crippen LogP contribution in [-0.2, 0) is 11.2 Å². The Morgan fingerprint density at radius 2 is 1.86 bits per heavy atom. The Balaban J connectivity index is 1.77. The Bertz CT molecular complexity index is 629. The molecule has 2 rings (SSSR count). The number of halogens is 2. The molecule has 0 saturated heterocycles. The van der Waals surface area contributed by atoms with E-state index in [1.165, 1.54) is 36.4 Å². The number of hydrogen-bond acceptors (Lipinski definition) is 2. The van der Waals surface area contributed by atoms with Gasteiger partial charge in [-0.1, -0.05) is 12.1 Å². The van der Waals surface area contributed by atoms with Crippen molar-refractivity contribution in [1.82, 2.24) is 5.32 Å². The largest absolute Gasteiger partial charge is 0.481 e. The molecule has 3 nitrogen and oxygen atoms in total. The number of amides is 1. The van der Waals surface area contributed by atoms with Gasteiger partial charge in [-0.05, 0) is 55.3 Å². The van der Waals surface area contributed by atoms with Crippen molar-refractivity contribution in [1.29, 1.82) is 0 Å². The first-order chi connectivity index (χ1) is 10.5. The van der Waals surface area contributed by atoms with E-state index in [0.717, 1.165) is 5.56 Å². The highest BCUT2D eigenvalue weighted by atomic mass is 19.1. The molecule has 0 aromatic heterocycles. The van der Waals surface area contributed by atoms with Gasteiger partial charge in [-0.3, -0.25) is 4.79 Å². The molecular formula is C17H17F2NO2. The Kier molecular flexibility index (Phi) is 5.47. The maximum atomic E-state index is 13.0. The van der Waals surface area contributed by atoms with E-state index in [2.05, 4.69) is 5.32 Å². The summed E-state index contributed by atoms with van der Waals surface area (Å²) in [6, 6.07) is 11.7. The summed E-state index contributed by atoms with van der Waals surface area (Å²) in [5.41, 5.74) is 0.812. The van der Waals surface area contributed by atoms with Gasteiger partial charge in [0.05, 0.1) is 0 Å². The van der Waals surface area contributed by atoms with Crippen molar-refractivity contribution in [3.05, 3.63) is 65.7 Å². The highest BCUT2D eigenvalue weighted by Crippen LogP contribution is 2.13. The van der Waals surface area contributed by atoms with Gasteiger partial charge < -0.3 is 10.1 Å². The molecule has 0 radical (unpaired) electrons. The lowest BCUT2D eigenvalue weighted by atomic mass is 10.1. The van der Waals surface area contributed by atoms with Gasteiger partial charge in [0.25, 0.3) is 5.91 Å². The van der Waals surface area contributed by atoms with E-state index in [9.17, 15) is 13.6 Å². The minimum atomic E-state index is -0.696. The molecule has 0 aliphatic carbocycles. The second kappa shape index (κ2) is 7.54. The topological polar surface area (TPSA) is 38.3 Å². The fraction of sp³-hybridized carbons (Fsp3) is 0.235. The smallest absolute Gasteiger partial charge is 0.260 e. The fourth-order valence-electron chi connectivity index (χ4n) is 1.94. The van der Waals surface area contributed by atoms with Crippen molar-refractivity contribution < 1.29 is 18.3 Å². The first-order valence-electron chi connectivity index (χ1n) is 6.99. The number of nitrogens with one attached hydrogen (secondary N) is 1. The SMILES string of the molecule is CC(Oc1ccc(F)cc1)C(=O)NCCc1cccc(F)c1. The minimum Gasteiger partial charge on any atom is -0.481 e. The van der Waals surface area contributed by atoms with Gasteiger partial charge in [-0.25, -0.2) is 8.78 Å². The summed E-state index contributed by atoms with van der Waals surface area (Å²) in [5, 5.41) is 2.72. The van der Waals surface area contributed by atoms with Crippen molar-refractivity contribution in [2.75, 3.05) is 6.54 Å². The number of carbonyl (C=O) groups excluding carboxylic acids is 1. The van der Waals surface area contributed by atoms with Crippen LogP contribution in [0.4, 0.5) is 8.78 Å². The van der Waals surface area contributed by atoms with Crippen molar-refractivity contribution in [3.63, 3.8) is 0 Å². The Hall–Kier alpha value is -2.43. The van der Waals surface area contributed by atoms with E-state index in [1.54, 1.807) is 19.1 Å². The summed E-state index contributed by atoms with van der Waals surface area (Å²) >= 11 is 0. The van der Waals surface area contributed by atoms with Crippen LogP contribution < -0.4 is 10.1 Å². The lowest BCUT2D eigenvalue weighted by Crippen LogP contribution is -2.37. The lowest BCUT2D eigenvalue weighted by Gasteiger charge is -2.14. The van der Waals surface area contributed by atoms with Crippen LogP contribution in [-0.4, -0.2) is 18.6 Å². The average molecular weight is 305 g/mol. The minimum absolute atomic E-state index is 0.277. The zero-order valence-electron chi connectivity index (χ0n) is 12.2. The fourth-order valence-corrected chi connectivity index (χ4v) is 1.94. The Morgan fingerprint density at radius 3 is 2.55 bits per heavy atom. The quantitative estimate of drug-likeness (QED) is 0.890. The molecule has 0 spiro atoms. The van der Waals surface area contributed by atoms with Crippen molar-refractivity contribution >= 4 is 5.91 Å². The van der Waals surface area contributed by atoms with Gasteiger partial charge in [0.2, 0.25) is 0 Å². The van der Waals surface area contributed by atoms with E-state index in [1.807, 2.05) is 0 Å². The van der Waals surface area contributed by atoms with Crippen LogP contribution in [0.2, 0.25) is 0 Å². The van der Waals surface area contributed by atoms with Gasteiger partial charge in [-0.15, -0.1) is 0 Å². The summed E-state index contributed by atoms with van der Waals surface area (Å²) in [4.78, 5) is 11.9. The van der Waals surface area contributed by atoms with E-state index >= 15 is 0 Å². The van der Waals surface area contributed by atoms with Crippen LogP contribution in [0.25, 0.3) is 0 Å². The molecular weight excluding hydrogens is 288 g/mol. The maximum Gasteiger partial charge on any atom is 0.260 e. The van der Waals surface area contributed by atoms with Crippen LogP contribution >= 0.6 is 0 Å².